The lowest BCUT2D eigenvalue weighted by molar-refractivity contribution is 0.0954. The van der Waals surface area contributed by atoms with Gasteiger partial charge in [0.25, 0.3) is 5.91 Å². The van der Waals surface area contributed by atoms with Gasteiger partial charge in [0.05, 0.1) is 11.3 Å². The Morgan fingerprint density at radius 3 is 2.50 bits per heavy atom. The summed E-state index contributed by atoms with van der Waals surface area (Å²) in [5, 5.41) is 7.17. The molecule has 0 saturated heterocycles. The molecule has 0 atom stereocenters. The Hall–Kier alpha value is -2.87. The van der Waals surface area contributed by atoms with Gasteiger partial charge in [-0.05, 0) is 48.9 Å². The maximum Gasteiger partial charge on any atom is 0.253 e. The molecule has 0 aliphatic heterocycles. The van der Waals surface area contributed by atoms with Gasteiger partial charge in [-0.25, -0.2) is 18.2 Å². The van der Waals surface area contributed by atoms with Crippen LogP contribution in [0.2, 0.25) is 0 Å². The number of pyridine rings is 1. The number of thiophene rings is 1. The maximum absolute atomic E-state index is 14.4. The van der Waals surface area contributed by atoms with Crippen LogP contribution in [-0.2, 0) is 6.42 Å². The van der Waals surface area contributed by atoms with Crippen molar-refractivity contribution >= 4 is 28.7 Å². The molecule has 30 heavy (non-hydrogen) atoms. The van der Waals surface area contributed by atoms with Crippen LogP contribution < -0.4 is 10.6 Å². The topological polar surface area (TPSA) is 54.0 Å². The third-order valence-corrected chi connectivity index (χ3v) is 5.04. The number of benzene rings is 1. The van der Waals surface area contributed by atoms with Crippen molar-refractivity contribution in [2.45, 2.75) is 34.1 Å². The van der Waals surface area contributed by atoms with Crippen LogP contribution >= 0.6 is 11.3 Å². The van der Waals surface area contributed by atoms with Crippen LogP contribution in [0.5, 0.6) is 0 Å². The Kier molecular flexibility index (Phi) is 8.41. The third-order valence-electron chi connectivity index (χ3n) is 4.10. The van der Waals surface area contributed by atoms with Gasteiger partial charge in [-0.15, -0.1) is 11.3 Å². The predicted octanol–water partition coefficient (Wildman–Crippen LogP) is 5.92. The first-order valence-electron chi connectivity index (χ1n) is 9.55. The number of nitrogens with zero attached hydrogens (tertiary/aromatic N) is 1. The molecule has 0 spiro atoms. The summed E-state index contributed by atoms with van der Waals surface area (Å²) in [5.74, 6) is -5.00. The van der Waals surface area contributed by atoms with E-state index in [-0.39, 0.29) is 17.9 Å². The number of hydrogen-bond acceptors (Lipinski definition) is 4. The fraction of sp³-hybridized carbons (Fsp3) is 0.273. The van der Waals surface area contributed by atoms with Crippen LogP contribution in [0.15, 0.2) is 35.8 Å². The lowest BCUT2D eigenvalue weighted by Gasteiger charge is -2.15. The number of aryl methyl sites for hydroxylation is 2. The second kappa shape index (κ2) is 10.8. The minimum Gasteiger partial charge on any atom is -0.352 e. The van der Waals surface area contributed by atoms with Crippen LogP contribution in [0, 0.1) is 31.3 Å². The van der Waals surface area contributed by atoms with E-state index in [1.165, 1.54) is 0 Å². The van der Waals surface area contributed by atoms with E-state index in [9.17, 15) is 18.0 Å². The first kappa shape index (κ1) is 23.4. The molecule has 2 aromatic heterocycles. The Morgan fingerprint density at radius 2 is 1.87 bits per heavy atom. The van der Waals surface area contributed by atoms with Crippen LogP contribution in [0.1, 0.15) is 40.2 Å². The van der Waals surface area contributed by atoms with E-state index in [1.54, 1.807) is 30.5 Å². The fourth-order valence-electron chi connectivity index (χ4n) is 2.71. The van der Waals surface area contributed by atoms with Gasteiger partial charge in [-0.2, -0.15) is 0 Å². The highest BCUT2D eigenvalue weighted by Crippen LogP contribution is 2.29. The zero-order valence-electron chi connectivity index (χ0n) is 17.3. The molecule has 2 heterocycles. The second-order valence-electron chi connectivity index (χ2n) is 6.30. The van der Waals surface area contributed by atoms with Gasteiger partial charge in [0.2, 0.25) is 0 Å². The average Bonchev–Trinajstić information content (AvgIpc) is 3.24. The Bertz CT molecular complexity index is 1010. The lowest BCUT2D eigenvalue weighted by Crippen LogP contribution is -2.27. The molecule has 0 saturated carbocycles. The smallest absolute Gasteiger partial charge is 0.253 e. The standard InChI is InChI=1S/C20H18F3N3OS.C2H6/c1-11-8-12(2)19(25-10-11)26-18-14(9-15(21)16(22)17(18)23)20(27)24-6-5-13-4-3-7-28-13;1-2/h3-4,7-10H,5-6H2,1-2H3,(H,24,27)(H,25,26);1-2H3. The van der Waals surface area contributed by atoms with Crippen molar-refractivity contribution in [2.75, 3.05) is 11.9 Å². The SMILES string of the molecule is CC.Cc1cnc(Nc2c(C(=O)NCCc3cccs3)cc(F)c(F)c2F)c(C)c1. The van der Waals surface area contributed by atoms with E-state index in [1.807, 2.05) is 38.3 Å². The average molecular weight is 436 g/mol. The van der Waals surface area contributed by atoms with Gasteiger partial charge in [0, 0.05) is 17.6 Å². The van der Waals surface area contributed by atoms with E-state index in [4.69, 9.17) is 0 Å². The largest absolute Gasteiger partial charge is 0.352 e. The molecule has 0 aliphatic rings. The number of carbonyl (C=O) groups excluding carboxylic acids is 1. The van der Waals surface area contributed by atoms with E-state index >= 15 is 0 Å². The highest BCUT2D eigenvalue weighted by atomic mass is 32.1. The van der Waals surface area contributed by atoms with Crippen LogP contribution in [0.4, 0.5) is 24.7 Å². The third kappa shape index (κ3) is 5.60. The maximum atomic E-state index is 14.4. The molecule has 0 aliphatic carbocycles. The van der Waals surface area contributed by atoms with Crippen molar-refractivity contribution in [2.24, 2.45) is 0 Å². The van der Waals surface area contributed by atoms with Crippen molar-refractivity contribution in [3.05, 3.63) is 74.9 Å². The number of hydrogen-bond donors (Lipinski definition) is 2. The number of amides is 1. The van der Waals surface area contributed by atoms with Gasteiger partial charge >= 0.3 is 0 Å². The molecule has 8 heteroatoms. The zero-order chi connectivity index (χ0) is 22.3. The van der Waals surface area contributed by atoms with Gasteiger partial charge < -0.3 is 10.6 Å². The number of anilines is 2. The molecule has 0 bridgehead atoms. The van der Waals surface area contributed by atoms with Crippen molar-refractivity contribution in [3.63, 3.8) is 0 Å². The molecule has 0 fully saturated rings. The molecule has 1 aromatic carbocycles. The molecule has 160 valence electrons. The number of aromatic nitrogens is 1. The minimum absolute atomic E-state index is 0.253. The van der Waals surface area contributed by atoms with Crippen LogP contribution in [0.25, 0.3) is 0 Å². The number of halogens is 3. The monoisotopic (exact) mass is 435 g/mol. The molecule has 1 amide bonds. The van der Waals surface area contributed by atoms with E-state index in [0.717, 1.165) is 10.4 Å². The van der Waals surface area contributed by atoms with E-state index < -0.39 is 29.0 Å². The molecule has 0 unspecified atom stereocenters. The highest BCUT2D eigenvalue weighted by molar-refractivity contribution is 7.09. The Morgan fingerprint density at radius 1 is 1.13 bits per heavy atom. The van der Waals surface area contributed by atoms with Gasteiger partial charge in [-0.1, -0.05) is 26.0 Å². The van der Waals surface area contributed by atoms with Crippen molar-refractivity contribution < 1.29 is 18.0 Å². The Labute approximate surface area is 178 Å². The van der Waals surface area contributed by atoms with Crippen molar-refractivity contribution in [1.29, 1.82) is 0 Å². The highest BCUT2D eigenvalue weighted by Gasteiger charge is 2.23. The van der Waals surface area contributed by atoms with E-state index in [0.29, 0.717) is 18.1 Å². The Balaban J connectivity index is 0.00000155. The quantitative estimate of drug-likeness (QED) is 0.473. The summed E-state index contributed by atoms with van der Waals surface area (Å²) >= 11 is 1.54. The summed E-state index contributed by atoms with van der Waals surface area (Å²) in [7, 11) is 0. The van der Waals surface area contributed by atoms with Crippen molar-refractivity contribution in [1.82, 2.24) is 10.3 Å². The second-order valence-corrected chi connectivity index (χ2v) is 7.33. The van der Waals surface area contributed by atoms with Gasteiger partial charge in [-0.3, -0.25) is 4.79 Å². The van der Waals surface area contributed by atoms with Gasteiger partial charge in [0.1, 0.15) is 5.82 Å². The normalized spacial score (nSPS) is 10.2. The predicted molar refractivity (Wildman–Crippen MR) is 115 cm³/mol. The molecule has 4 nitrogen and oxygen atoms in total. The summed E-state index contributed by atoms with van der Waals surface area (Å²) in [4.78, 5) is 17.7. The summed E-state index contributed by atoms with van der Waals surface area (Å²) in [6, 6.07) is 6.30. The number of rotatable bonds is 6. The number of carbonyl (C=O) groups is 1. The molecule has 0 radical (unpaired) electrons. The fourth-order valence-corrected chi connectivity index (χ4v) is 3.42. The number of nitrogens with one attached hydrogen (secondary N) is 2. The summed E-state index contributed by atoms with van der Waals surface area (Å²) in [5.41, 5.74) is 0.782. The van der Waals surface area contributed by atoms with Crippen molar-refractivity contribution in [3.8, 4) is 0 Å². The summed E-state index contributed by atoms with van der Waals surface area (Å²) in [6.07, 6.45) is 2.13. The minimum atomic E-state index is -1.65. The molecular formula is C22H24F3N3OS. The van der Waals surface area contributed by atoms with Crippen LogP contribution in [-0.4, -0.2) is 17.4 Å². The summed E-state index contributed by atoms with van der Waals surface area (Å²) in [6.45, 7) is 7.86. The lowest BCUT2D eigenvalue weighted by atomic mass is 10.1. The molecular weight excluding hydrogens is 411 g/mol. The molecule has 3 rings (SSSR count). The molecule has 2 N–H and O–H groups in total. The van der Waals surface area contributed by atoms with Gasteiger partial charge in [0.15, 0.2) is 17.5 Å². The zero-order valence-corrected chi connectivity index (χ0v) is 18.1. The summed E-state index contributed by atoms with van der Waals surface area (Å²) < 4.78 is 42.0. The first-order valence-corrected chi connectivity index (χ1v) is 10.4. The van der Waals surface area contributed by atoms with Crippen LogP contribution in [0.3, 0.4) is 0 Å². The van der Waals surface area contributed by atoms with E-state index in [2.05, 4.69) is 15.6 Å². The first-order chi connectivity index (χ1) is 14.4. The molecule has 3 aromatic rings.